The Kier molecular flexibility index (Phi) is 10.9. The molecule has 4 atom stereocenters. The molecule has 0 aromatic heterocycles. The van der Waals surface area contributed by atoms with Crippen molar-refractivity contribution < 1.29 is 39.6 Å². The fourth-order valence-corrected chi connectivity index (χ4v) is 6.37. The SMILES string of the molecule is CCCNCC(=O)Nc1cc(N(C)C)c2c(c1O)C(=O)C1=C(O)[C@]3(O)C(=O)C(C(N)=O)=C(O)[C@@H](N(C)C)C3CC1C2.Cl.Cl. The molecule has 4 rings (SSSR count). The molecule has 0 spiro atoms. The normalized spacial score (nSPS) is 24.4. The van der Waals surface area contributed by atoms with E-state index in [0.29, 0.717) is 17.8 Å². The lowest BCUT2D eigenvalue weighted by Gasteiger charge is -2.50. The average Bonchev–Trinajstić information content (AvgIpc) is 2.87. The van der Waals surface area contributed by atoms with Crippen molar-refractivity contribution >= 4 is 59.6 Å². The standard InChI is InChI=1S/C28H37N5O8.2ClH/c1-6-7-30-11-17(34)31-15-10-16(32(2)3)13-8-12-9-14-21(33(4)5)24(37)20(27(29)40)26(39)28(14,41)25(38)18(12)23(36)19(13)22(15)35;;/h10,12,14,21,30,35,37-38,41H,6-9,11H2,1-5H3,(H2,29,40)(H,31,34);2*1H/t12?,14?,21-,28-;;/m0../s1. The van der Waals surface area contributed by atoms with Gasteiger partial charge < -0.3 is 41.7 Å². The quantitative estimate of drug-likeness (QED) is 0.121. The minimum Gasteiger partial charge on any atom is -0.510 e. The molecule has 2 amide bonds. The van der Waals surface area contributed by atoms with Crippen molar-refractivity contribution in [3.8, 4) is 5.75 Å². The molecule has 0 saturated carbocycles. The first-order chi connectivity index (χ1) is 19.2. The smallest absolute Gasteiger partial charge is 0.255 e. The van der Waals surface area contributed by atoms with Gasteiger partial charge in [0, 0.05) is 31.3 Å². The van der Waals surface area contributed by atoms with E-state index in [-0.39, 0.29) is 61.0 Å². The van der Waals surface area contributed by atoms with E-state index in [0.717, 1.165) is 6.42 Å². The summed E-state index contributed by atoms with van der Waals surface area (Å²) >= 11 is 0. The fourth-order valence-electron chi connectivity index (χ4n) is 6.37. The van der Waals surface area contributed by atoms with Gasteiger partial charge in [-0.25, -0.2) is 0 Å². The summed E-state index contributed by atoms with van der Waals surface area (Å²) in [6.45, 7) is 2.54. The third-order valence-corrected chi connectivity index (χ3v) is 8.17. The van der Waals surface area contributed by atoms with Crippen LogP contribution in [0.25, 0.3) is 0 Å². The highest BCUT2D eigenvalue weighted by Crippen LogP contribution is 2.53. The highest BCUT2D eigenvalue weighted by molar-refractivity contribution is 6.25. The van der Waals surface area contributed by atoms with Gasteiger partial charge in [0.2, 0.25) is 11.7 Å². The second kappa shape index (κ2) is 13.1. The zero-order valence-electron chi connectivity index (χ0n) is 24.6. The van der Waals surface area contributed by atoms with Crippen molar-refractivity contribution in [2.45, 2.75) is 37.8 Å². The Bertz CT molecular complexity index is 1410. The Labute approximate surface area is 261 Å². The van der Waals surface area contributed by atoms with Crippen LogP contribution in [-0.4, -0.2) is 102 Å². The van der Waals surface area contributed by atoms with E-state index in [1.54, 1.807) is 39.2 Å². The zero-order chi connectivity index (χ0) is 30.5. The van der Waals surface area contributed by atoms with E-state index in [9.17, 15) is 39.6 Å². The van der Waals surface area contributed by atoms with Crippen LogP contribution >= 0.6 is 24.8 Å². The first-order valence-electron chi connectivity index (χ1n) is 13.4. The molecular weight excluding hydrogens is 605 g/mol. The second-order valence-electron chi connectivity index (χ2n) is 11.2. The van der Waals surface area contributed by atoms with Crippen LogP contribution in [0.3, 0.4) is 0 Å². The van der Waals surface area contributed by atoms with Crippen molar-refractivity contribution in [1.29, 1.82) is 0 Å². The Morgan fingerprint density at radius 3 is 2.28 bits per heavy atom. The summed E-state index contributed by atoms with van der Waals surface area (Å²) in [4.78, 5) is 55.3. The van der Waals surface area contributed by atoms with E-state index < -0.39 is 69.7 Å². The molecule has 1 aromatic rings. The number of benzene rings is 1. The first-order valence-corrected chi connectivity index (χ1v) is 13.4. The topological polar surface area (TPSA) is 206 Å². The van der Waals surface area contributed by atoms with Crippen molar-refractivity contribution in [1.82, 2.24) is 10.2 Å². The van der Waals surface area contributed by atoms with Crippen molar-refractivity contribution in [2.24, 2.45) is 17.6 Å². The van der Waals surface area contributed by atoms with Gasteiger partial charge in [-0.2, -0.15) is 0 Å². The summed E-state index contributed by atoms with van der Waals surface area (Å²) in [6, 6.07) is 0.494. The summed E-state index contributed by atoms with van der Waals surface area (Å²) in [5, 5.41) is 50.9. The average molecular weight is 645 g/mol. The van der Waals surface area contributed by atoms with Gasteiger partial charge in [-0.3, -0.25) is 24.1 Å². The molecule has 3 aliphatic carbocycles. The maximum Gasteiger partial charge on any atom is 0.255 e. The molecule has 238 valence electrons. The number of amides is 2. The Morgan fingerprint density at radius 1 is 1.12 bits per heavy atom. The molecule has 0 fully saturated rings. The van der Waals surface area contributed by atoms with Crippen LogP contribution in [0.15, 0.2) is 28.7 Å². The number of aliphatic hydroxyl groups excluding tert-OH is 2. The van der Waals surface area contributed by atoms with Crippen LogP contribution < -0.4 is 21.3 Å². The van der Waals surface area contributed by atoms with Crippen LogP contribution in [0, 0.1) is 11.8 Å². The Balaban J connectivity index is 0.00000323. The molecule has 8 N–H and O–H groups in total. The summed E-state index contributed by atoms with van der Waals surface area (Å²) in [6.07, 6.45) is 0.945. The van der Waals surface area contributed by atoms with E-state index >= 15 is 0 Å². The van der Waals surface area contributed by atoms with Crippen LogP contribution in [0.4, 0.5) is 11.4 Å². The number of aromatic hydroxyl groups is 1. The lowest BCUT2D eigenvalue weighted by Crippen LogP contribution is -2.63. The van der Waals surface area contributed by atoms with Gasteiger partial charge in [0.15, 0.2) is 17.1 Å². The number of hydrogen-bond donors (Lipinski definition) is 7. The van der Waals surface area contributed by atoms with E-state index in [2.05, 4.69) is 10.6 Å². The molecule has 15 heteroatoms. The number of rotatable bonds is 8. The van der Waals surface area contributed by atoms with Gasteiger partial charge in [-0.15, -0.1) is 24.8 Å². The number of hydrogen-bond acceptors (Lipinski definition) is 11. The van der Waals surface area contributed by atoms with Crippen molar-refractivity contribution in [3.63, 3.8) is 0 Å². The van der Waals surface area contributed by atoms with Gasteiger partial charge in [0.1, 0.15) is 17.1 Å². The van der Waals surface area contributed by atoms with Crippen LogP contribution in [0.5, 0.6) is 5.75 Å². The lowest BCUT2D eigenvalue weighted by molar-refractivity contribution is -0.148. The number of nitrogens with one attached hydrogen (secondary N) is 2. The zero-order valence-corrected chi connectivity index (χ0v) is 26.2. The number of carbonyl (C=O) groups is 4. The number of allylic oxidation sites excluding steroid dienone is 1. The number of Topliss-reactive ketones (excluding diaryl/α,β-unsaturated/α-hetero) is 2. The molecule has 0 bridgehead atoms. The third kappa shape index (κ3) is 5.67. The monoisotopic (exact) mass is 643 g/mol. The first kappa shape index (κ1) is 35.8. The summed E-state index contributed by atoms with van der Waals surface area (Å²) in [7, 11) is 6.63. The molecule has 43 heavy (non-hydrogen) atoms. The molecule has 13 nitrogen and oxygen atoms in total. The van der Waals surface area contributed by atoms with Gasteiger partial charge in [0.25, 0.3) is 5.91 Å². The van der Waals surface area contributed by atoms with Crippen LogP contribution in [0.1, 0.15) is 35.7 Å². The molecule has 0 radical (unpaired) electrons. The van der Waals surface area contributed by atoms with Crippen LogP contribution in [-0.2, 0) is 20.8 Å². The number of fused-ring (bicyclic) bond motifs is 3. The molecule has 0 aliphatic heterocycles. The molecule has 0 heterocycles. The molecule has 2 unspecified atom stereocenters. The number of phenolic OH excluding ortho intramolecular Hbond substituents is 1. The number of halogens is 2. The van der Waals surface area contributed by atoms with Gasteiger partial charge >= 0.3 is 0 Å². The van der Waals surface area contributed by atoms with E-state index in [1.807, 2.05) is 6.92 Å². The van der Waals surface area contributed by atoms with E-state index in [4.69, 9.17) is 5.73 Å². The third-order valence-electron chi connectivity index (χ3n) is 8.17. The Hall–Kier alpha value is -3.36. The maximum absolute atomic E-state index is 14.0. The lowest BCUT2D eigenvalue weighted by atomic mass is 9.58. The van der Waals surface area contributed by atoms with Gasteiger partial charge in [-0.05, 0) is 57.5 Å². The van der Waals surface area contributed by atoms with Crippen LogP contribution in [0.2, 0.25) is 0 Å². The number of nitrogens with two attached hydrogens (primary N) is 1. The number of anilines is 2. The Morgan fingerprint density at radius 2 is 1.74 bits per heavy atom. The fraction of sp³-hybridized carbons (Fsp3) is 0.500. The minimum absolute atomic E-state index is 0. The van der Waals surface area contributed by atoms with Crippen molar-refractivity contribution in [2.75, 3.05) is 51.5 Å². The number of ketones is 2. The van der Waals surface area contributed by atoms with Gasteiger partial charge in [-0.1, -0.05) is 6.92 Å². The summed E-state index contributed by atoms with van der Waals surface area (Å²) in [5.41, 5.74) is 2.35. The molecule has 0 saturated heterocycles. The number of primary amides is 1. The number of nitrogens with zero attached hydrogens (tertiary/aromatic N) is 2. The van der Waals surface area contributed by atoms with Gasteiger partial charge in [0.05, 0.1) is 23.8 Å². The predicted octanol–water partition coefficient (Wildman–Crippen LogP) is 0.968. The van der Waals surface area contributed by atoms with E-state index in [1.165, 1.54) is 4.90 Å². The minimum atomic E-state index is -2.72. The molecular formula is C28H39Cl2N5O8. The molecule has 1 aromatic carbocycles. The number of aliphatic hydroxyl groups is 3. The predicted molar refractivity (Wildman–Crippen MR) is 164 cm³/mol. The number of phenols is 1. The summed E-state index contributed by atoms with van der Waals surface area (Å²) < 4.78 is 0. The number of carbonyl (C=O) groups excluding carboxylic acids is 4. The number of likely N-dealkylation sites (N-methyl/N-ethyl adjacent to an activating group) is 1. The highest BCUT2D eigenvalue weighted by atomic mass is 35.5. The second-order valence-corrected chi connectivity index (χ2v) is 11.2. The summed E-state index contributed by atoms with van der Waals surface area (Å²) in [5.74, 6) is -7.73. The highest BCUT2D eigenvalue weighted by Gasteiger charge is 2.63. The molecule has 3 aliphatic rings. The maximum atomic E-state index is 14.0. The largest absolute Gasteiger partial charge is 0.510 e. The van der Waals surface area contributed by atoms with Crippen molar-refractivity contribution in [3.05, 3.63) is 39.9 Å².